The molecule has 1 rings (SSSR count). The Hall–Kier alpha value is -0.0800. The third kappa shape index (κ3) is 1.70. The summed E-state index contributed by atoms with van der Waals surface area (Å²) in [5.74, 6) is 1.41. The molecule has 0 bridgehead atoms. The minimum Gasteiger partial charge on any atom is -0.330 e. The van der Waals surface area contributed by atoms with Crippen molar-refractivity contribution in [2.24, 2.45) is 23.3 Å². The van der Waals surface area contributed by atoms with E-state index in [4.69, 9.17) is 11.5 Å². The second-order valence-corrected chi connectivity index (χ2v) is 3.58. The van der Waals surface area contributed by atoms with Crippen LogP contribution in [0.3, 0.4) is 0 Å². The molecule has 0 aliphatic heterocycles. The standard InChI is InChI=1S/C8H18N2/c1-6-2-3-7(5-9)8(10)4-6/h6-8H,2-5,9-10H2,1H3. The van der Waals surface area contributed by atoms with Crippen molar-refractivity contribution < 1.29 is 0 Å². The summed E-state index contributed by atoms with van der Waals surface area (Å²) in [6, 6.07) is 0.369. The van der Waals surface area contributed by atoms with Crippen molar-refractivity contribution in [2.75, 3.05) is 6.54 Å². The highest BCUT2D eigenvalue weighted by atomic mass is 14.7. The van der Waals surface area contributed by atoms with Gasteiger partial charge in [-0.05, 0) is 31.2 Å². The largest absolute Gasteiger partial charge is 0.330 e. The lowest BCUT2D eigenvalue weighted by atomic mass is 9.80. The predicted molar refractivity (Wildman–Crippen MR) is 43.5 cm³/mol. The summed E-state index contributed by atoms with van der Waals surface area (Å²) in [5.41, 5.74) is 11.5. The van der Waals surface area contributed by atoms with Crippen molar-refractivity contribution in [3.8, 4) is 0 Å². The van der Waals surface area contributed by atoms with Crippen LogP contribution in [-0.4, -0.2) is 12.6 Å². The normalized spacial score (nSPS) is 41.7. The van der Waals surface area contributed by atoms with Gasteiger partial charge in [-0.2, -0.15) is 0 Å². The molecule has 2 nitrogen and oxygen atoms in total. The number of rotatable bonds is 1. The molecule has 10 heavy (non-hydrogen) atoms. The molecule has 0 heterocycles. The van der Waals surface area contributed by atoms with Crippen LogP contribution >= 0.6 is 0 Å². The molecule has 0 aromatic heterocycles. The fourth-order valence-corrected chi connectivity index (χ4v) is 1.78. The van der Waals surface area contributed by atoms with E-state index in [9.17, 15) is 0 Å². The maximum Gasteiger partial charge on any atom is 0.00817 e. The number of hydrogen-bond acceptors (Lipinski definition) is 2. The molecule has 4 N–H and O–H groups in total. The van der Waals surface area contributed by atoms with Gasteiger partial charge in [-0.15, -0.1) is 0 Å². The molecule has 0 saturated heterocycles. The maximum atomic E-state index is 5.90. The van der Waals surface area contributed by atoms with Gasteiger partial charge in [0.1, 0.15) is 0 Å². The van der Waals surface area contributed by atoms with Crippen molar-refractivity contribution >= 4 is 0 Å². The second kappa shape index (κ2) is 3.35. The Balaban J connectivity index is 2.36. The Morgan fingerprint density at radius 3 is 2.60 bits per heavy atom. The molecule has 0 aromatic carbocycles. The lowest BCUT2D eigenvalue weighted by Crippen LogP contribution is -2.39. The van der Waals surface area contributed by atoms with Crippen LogP contribution in [0.5, 0.6) is 0 Å². The average molecular weight is 142 g/mol. The Bertz CT molecular complexity index is 103. The van der Waals surface area contributed by atoms with Gasteiger partial charge >= 0.3 is 0 Å². The molecule has 2 heteroatoms. The van der Waals surface area contributed by atoms with Gasteiger partial charge in [-0.3, -0.25) is 0 Å². The van der Waals surface area contributed by atoms with Gasteiger partial charge < -0.3 is 11.5 Å². The molecule has 1 aliphatic carbocycles. The summed E-state index contributed by atoms with van der Waals surface area (Å²) < 4.78 is 0. The molecule has 3 unspecified atom stereocenters. The minimum absolute atomic E-state index is 0.369. The highest BCUT2D eigenvalue weighted by Gasteiger charge is 2.23. The van der Waals surface area contributed by atoms with Crippen molar-refractivity contribution in [3.63, 3.8) is 0 Å². The molecule has 1 fully saturated rings. The molecule has 1 aliphatic rings. The zero-order valence-corrected chi connectivity index (χ0v) is 6.72. The van der Waals surface area contributed by atoms with E-state index in [1.54, 1.807) is 0 Å². The van der Waals surface area contributed by atoms with E-state index in [-0.39, 0.29) is 0 Å². The smallest absolute Gasteiger partial charge is 0.00817 e. The minimum atomic E-state index is 0.369. The van der Waals surface area contributed by atoms with E-state index in [1.807, 2.05) is 0 Å². The van der Waals surface area contributed by atoms with Crippen LogP contribution in [-0.2, 0) is 0 Å². The summed E-state index contributed by atoms with van der Waals surface area (Å²) in [7, 11) is 0. The van der Waals surface area contributed by atoms with Crippen molar-refractivity contribution in [1.82, 2.24) is 0 Å². The summed E-state index contributed by atoms with van der Waals surface area (Å²) >= 11 is 0. The van der Waals surface area contributed by atoms with Crippen LogP contribution in [0.4, 0.5) is 0 Å². The monoisotopic (exact) mass is 142 g/mol. The van der Waals surface area contributed by atoms with E-state index in [0.717, 1.165) is 12.5 Å². The molecule has 0 radical (unpaired) electrons. The van der Waals surface area contributed by atoms with Crippen LogP contribution in [0.15, 0.2) is 0 Å². The predicted octanol–water partition coefficient (Wildman–Crippen LogP) is 0.709. The molecule has 0 amide bonds. The third-order valence-corrected chi connectivity index (χ3v) is 2.61. The van der Waals surface area contributed by atoms with Crippen LogP contribution < -0.4 is 11.5 Å². The van der Waals surface area contributed by atoms with Crippen molar-refractivity contribution in [1.29, 1.82) is 0 Å². The number of nitrogens with two attached hydrogens (primary N) is 2. The van der Waals surface area contributed by atoms with E-state index in [2.05, 4.69) is 6.92 Å². The lowest BCUT2D eigenvalue weighted by molar-refractivity contribution is 0.255. The van der Waals surface area contributed by atoms with Gasteiger partial charge in [0, 0.05) is 6.04 Å². The highest BCUT2D eigenvalue weighted by molar-refractivity contribution is 4.81. The molecule has 1 saturated carbocycles. The van der Waals surface area contributed by atoms with Gasteiger partial charge in [0.25, 0.3) is 0 Å². The first-order valence-electron chi connectivity index (χ1n) is 4.19. The Labute approximate surface area is 63.0 Å². The van der Waals surface area contributed by atoms with E-state index >= 15 is 0 Å². The van der Waals surface area contributed by atoms with Crippen molar-refractivity contribution in [3.05, 3.63) is 0 Å². The molecular weight excluding hydrogens is 124 g/mol. The Morgan fingerprint density at radius 2 is 2.10 bits per heavy atom. The molecule has 0 aromatic rings. The van der Waals surface area contributed by atoms with E-state index < -0.39 is 0 Å². The van der Waals surface area contributed by atoms with Gasteiger partial charge in [0.05, 0.1) is 0 Å². The third-order valence-electron chi connectivity index (χ3n) is 2.61. The summed E-state index contributed by atoms with van der Waals surface area (Å²) in [5, 5.41) is 0. The molecule has 0 spiro atoms. The van der Waals surface area contributed by atoms with Gasteiger partial charge in [0.2, 0.25) is 0 Å². The maximum absolute atomic E-state index is 5.90. The Kier molecular flexibility index (Phi) is 2.69. The second-order valence-electron chi connectivity index (χ2n) is 3.58. The summed E-state index contributed by atoms with van der Waals surface area (Å²) in [6.07, 6.45) is 3.72. The van der Waals surface area contributed by atoms with Crippen LogP contribution in [0.1, 0.15) is 26.2 Å². The first kappa shape index (κ1) is 8.02. The zero-order chi connectivity index (χ0) is 7.56. The van der Waals surface area contributed by atoms with Gasteiger partial charge in [0.15, 0.2) is 0 Å². The van der Waals surface area contributed by atoms with E-state index in [1.165, 1.54) is 19.3 Å². The average Bonchev–Trinajstić information content (AvgIpc) is 1.88. The summed E-state index contributed by atoms with van der Waals surface area (Å²) in [4.78, 5) is 0. The lowest BCUT2D eigenvalue weighted by Gasteiger charge is -2.31. The first-order chi connectivity index (χ1) is 4.74. The fraction of sp³-hybridized carbons (Fsp3) is 1.00. The van der Waals surface area contributed by atoms with Crippen LogP contribution in [0, 0.1) is 11.8 Å². The fourth-order valence-electron chi connectivity index (χ4n) is 1.78. The summed E-state index contributed by atoms with van der Waals surface area (Å²) in [6.45, 7) is 3.04. The first-order valence-corrected chi connectivity index (χ1v) is 4.19. The highest BCUT2D eigenvalue weighted by Crippen LogP contribution is 2.26. The molecule has 60 valence electrons. The zero-order valence-electron chi connectivity index (χ0n) is 6.72. The van der Waals surface area contributed by atoms with Crippen molar-refractivity contribution in [2.45, 2.75) is 32.2 Å². The molecule has 3 atom stereocenters. The van der Waals surface area contributed by atoms with Gasteiger partial charge in [-0.1, -0.05) is 13.3 Å². The Morgan fingerprint density at radius 1 is 1.40 bits per heavy atom. The SMILES string of the molecule is CC1CCC(CN)C(N)C1. The topological polar surface area (TPSA) is 52.0 Å². The van der Waals surface area contributed by atoms with Crippen LogP contribution in [0.2, 0.25) is 0 Å². The molecular formula is C8H18N2. The van der Waals surface area contributed by atoms with Crippen LogP contribution in [0.25, 0.3) is 0 Å². The quantitative estimate of drug-likeness (QED) is 0.566. The number of hydrogen-bond donors (Lipinski definition) is 2. The van der Waals surface area contributed by atoms with E-state index in [0.29, 0.717) is 12.0 Å². The van der Waals surface area contributed by atoms with Gasteiger partial charge in [-0.25, -0.2) is 0 Å².